The van der Waals surface area contributed by atoms with E-state index in [9.17, 15) is 4.79 Å². The molecule has 0 aromatic carbocycles. The third-order valence-electron chi connectivity index (χ3n) is 2.63. The molecular weight excluding hydrogens is 190 g/mol. The topological polar surface area (TPSA) is 35.9 Å². The monoisotopic (exact) mass is 211 g/mol. The zero-order valence-corrected chi connectivity index (χ0v) is 9.78. The Morgan fingerprint density at radius 1 is 1.53 bits per heavy atom. The van der Waals surface area contributed by atoms with Gasteiger partial charge < -0.3 is 4.90 Å². The lowest BCUT2D eigenvalue weighted by molar-refractivity contribution is -0.115. The van der Waals surface area contributed by atoms with Gasteiger partial charge in [-0.15, -0.1) is 0 Å². The van der Waals surface area contributed by atoms with Gasteiger partial charge in [0.05, 0.1) is 0 Å². The van der Waals surface area contributed by atoms with Gasteiger partial charge in [0, 0.05) is 26.7 Å². The SMILES string of the molecule is CCCCCN(C=O)C1=NCCCN1C. The van der Waals surface area contributed by atoms with Gasteiger partial charge >= 0.3 is 0 Å². The van der Waals surface area contributed by atoms with E-state index in [1.807, 2.05) is 7.05 Å². The van der Waals surface area contributed by atoms with Crippen LogP contribution in [-0.2, 0) is 4.79 Å². The molecule has 0 radical (unpaired) electrons. The van der Waals surface area contributed by atoms with Gasteiger partial charge in [0.2, 0.25) is 12.4 Å². The van der Waals surface area contributed by atoms with Crippen LogP contribution in [0.1, 0.15) is 32.6 Å². The summed E-state index contributed by atoms with van der Waals surface area (Å²) in [4.78, 5) is 19.2. The van der Waals surface area contributed by atoms with E-state index in [0.29, 0.717) is 0 Å². The standard InChI is InChI=1S/C11H21N3O/c1-3-4-5-9-14(10-15)11-12-7-6-8-13(11)2/h10H,3-9H2,1-2H3. The zero-order valence-electron chi connectivity index (χ0n) is 9.78. The molecule has 0 aromatic rings. The summed E-state index contributed by atoms with van der Waals surface area (Å²) in [6.45, 7) is 4.80. The Morgan fingerprint density at radius 2 is 2.33 bits per heavy atom. The quantitative estimate of drug-likeness (QED) is 0.508. The number of amides is 1. The fourth-order valence-electron chi connectivity index (χ4n) is 1.75. The van der Waals surface area contributed by atoms with E-state index < -0.39 is 0 Å². The van der Waals surface area contributed by atoms with Crippen LogP contribution < -0.4 is 0 Å². The summed E-state index contributed by atoms with van der Waals surface area (Å²) < 4.78 is 0. The fourth-order valence-corrected chi connectivity index (χ4v) is 1.75. The second-order valence-electron chi connectivity index (χ2n) is 3.96. The van der Waals surface area contributed by atoms with Crippen LogP contribution in [0, 0.1) is 0 Å². The lowest BCUT2D eigenvalue weighted by Crippen LogP contribution is -2.44. The van der Waals surface area contributed by atoms with Crippen molar-refractivity contribution in [2.75, 3.05) is 26.7 Å². The summed E-state index contributed by atoms with van der Waals surface area (Å²) in [6.07, 6.45) is 5.39. The van der Waals surface area contributed by atoms with Crippen LogP contribution in [0.3, 0.4) is 0 Å². The van der Waals surface area contributed by atoms with Crippen LogP contribution in [0.25, 0.3) is 0 Å². The Hall–Kier alpha value is -1.06. The summed E-state index contributed by atoms with van der Waals surface area (Å²) in [5, 5.41) is 0. The molecular formula is C11H21N3O. The maximum atomic E-state index is 11.0. The summed E-state index contributed by atoms with van der Waals surface area (Å²) >= 11 is 0. The Morgan fingerprint density at radius 3 is 2.93 bits per heavy atom. The van der Waals surface area contributed by atoms with E-state index in [1.54, 1.807) is 4.90 Å². The first-order valence-electron chi connectivity index (χ1n) is 5.77. The van der Waals surface area contributed by atoms with Crippen molar-refractivity contribution < 1.29 is 4.79 Å². The lowest BCUT2D eigenvalue weighted by Gasteiger charge is -2.30. The van der Waals surface area contributed by atoms with Gasteiger partial charge in [-0.2, -0.15) is 0 Å². The predicted molar refractivity (Wildman–Crippen MR) is 61.8 cm³/mol. The molecule has 0 saturated carbocycles. The van der Waals surface area contributed by atoms with Crippen LogP contribution >= 0.6 is 0 Å². The van der Waals surface area contributed by atoms with Gasteiger partial charge in [-0.1, -0.05) is 19.8 Å². The Labute approximate surface area is 92.0 Å². The first-order valence-corrected chi connectivity index (χ1v) is 5.77. The molecule has 0 unspecified atom stereocenters. The number of carbonyl (C=O) groups excluding carboxylic acids is 1. The van der Waals surface area contributed by atoms with Crippen LogP contribution in [-0.4, -0.2) is 48.9 Å². The van der Waals surface area contributed by atoms with E-state index in [-0.39, 0.29) is 0 Å². The maximum absolute atomic E-state index is 11.0. The number of guanidine groups is 1. The van der Waals surface area contributed by atoms with Crippen molar-refractivity contribution in [1.29, 1.82) is 0 Å². The van der Waals surface area contributed by atoms with Crippen LogP contribution in [0.2, 0.25) is 0 Å². The van der Waals surface area contributed by atoms with Crippen LogP contribution in [0.5, 0.6) is 0 Å². The van der Waals surface area contributed by atoms with E-state index in [1.165, 1.54) is 12.8 Å². The van der Waals surface area contributed by atoms with E-state index in [2.05, 4.69) is 16.8 Å². The van der Waals surface area contributed by atoms with Gasteiger partial charge in [-0.05, 0) is 12.8 Å². The van der Waals surface area contributed by atoms with Crippen molar-refractivity contribution in [3.63, 3.8) is 0 Å². The van der Waals surface area contributed by atoms with Gasteiger partial charge in [-0.25, -0.2) is 0 Å². The van der Waals surface area contributed by atoms with Gasteiger partial charge in [0.15, 0.2) is 0 Å². The van der Waals surface area contributed by atoms with Gasteiger partial charge in [0.25, 0.3) is 0 Å². The predicted octanol–water partition coefficient (Wildman–Crippen LogP) is 1.33. The van der Waals surface area contributed by atoms with Crippen LogP contribution in [0.15, 0.2) is 4.99 Å². The molecule has 1 rings (SSSR count). The van der Waals surface area contributed by atoms with Gasteiger partial charge in [-0.3, -0.25) is 14.7 Å². The minimum atomic E-state index is 0.792. The van der Waals surface area contributed by atoms with Crippen molar-refractivity contribution in [2.24, 2.45) is 4.99 Å². The number of unbranched alkanes of at least 4 members (excludes halogenated alkanes) is 2. The number of aliphatic imine (C=N–C) groups is 1. The smallest absolute Gasteiger partial charge is 0.216 e. The molecule has 0 fully saturated rings. The molecule has 1 aliphatic rings. The molecule has 15 heavy (non-hydrogen) atoms. The average Bonchev–Trinajstić information content (AvgIpc) is 2.26. The van der Waals surface area contributed by atoms with E-state index >= 15 is 0 Å². The Kier molecular flexibility index (Phi) is 5.15. The first kappa shape index (κ1) is 12.0. The summed E-state index contributed by atoms with van der Waals surface area (Å²) in [5.41, 5.74) is 0. The number of carbonyl (C=O) groups is 1. The number of hydrogen-bond acceptors (Lipinski definition) is 3. The van der Waals surface area contributed by atoms with Crippen molar-refractivity contribution >= 4 is 12.4 Å². The number of rotatable bonds is 5. The molecule has 4 heteroatoms. The molecule has 0 atom stereocenters. The summed E-state index contributed by atoms with van der Waals surface area (Å²) in [6, 6.07) is 0. The Bertz CT molecular complexity index is 228. The van der Waals surface area contributed by atoms with Crippen molar-refractivity contribution in [1.82, 2.24) is 9.80 Å². The van der Waals surface area contributed by atoms with E-state index in [0.717, 1.165) is 44.8 Å². The van der Waals surface area contributed by atoms with Gasteiger partial charge in [0.1, 0.15) is 0 Å². The normalized spacial score (nSPS) is 16.1. The minimum absolute atomic E-state index is 0.792. The highest BCUT2D eigenvalue weighted by molar-refractivity contribution is 5.89. The number of nitrogens with zero attached hydrogens (tertiary/aromatic N) is 3. The summed E-state index contributed by atoms with van der Waals surface area (Å²) in [7, 11) is 1.99. The molecule has 0 aliphatic carbocycles. The second kappa shape index (κ2) is 6.43. The Balaban J connectivity index is 2.49. The average molecular weight is 211 g/mol. The number of hydrogen-bond donors (Lipinski definition) is 0. The second-order valence-corrected chi connectivity index (χ2v) is 3.96. The molecule has 1 heterocycles. The molecule has 4 nitrogen and oxygen atoms in total. The lowest BCUT2D eigenvalue weighted by atomic mass is 10.2. The molecule has 0 N–H and O–H groups in total. The van der Waals surface area contributed by atoms with Crippen molar-refractivity contribution in [3.8, 4) is 0 Å². The zero-order chi connectivity index (χ0) is 11.1. The molecule has 1 amide bonds. The molecule has 1 aliphatic heterocycles. The highest BCUT2D eigenvalue weighted by atomic mass is 16.1. The van der Waals surface area contributed by atoms with Crippen LogP contribution in [0.4, 0.5) is 0 Å². The molecule has 0 bridgehead atoms. The molecule has 0 spiro atoms. The third-order valence-corrected chi connectivity index (χ3v) is 2.63. The highest BCUT2D eigenvalue weighted by Gasteiger charge is 2.17. The largest absolute Gasteiger partial charge is 0.345 e. The minimum Gasteiger partial charge on any atom is -0.345 e. The third kappa shape index (κ3) is 3.53. The molecule has 0 aromatic heterocycles. The molecule has 86 valence electrons. The fraction of sp³-hybridized carbons (Fsp3) is 0.818. The maximum Gasteiger partial charge on any atom is 0.216 e. The first-order chi connectivity index (χ1) is 7.29. The van der Waals surface area contributed by atoms with Crippen molar-refractivity contribution in [2.45, 2.75) is 32.6 Å². The van der Waals surface area contributed by atoms with Crippen molar-refractivity contribution in [3.05, 3.63) is 0 Å². The highest BCUT2D eigenvalue weighted by Crippen LogP contribution is 2.05. The molecule has 0 saturated heterocycles. The summed E-state index contributed by atoms with van der Waals surface area (Å²) in [5.74, 6) is 0.840. The van der Waals surface area contributed by atoms with E-state index in [4.69, 9.17) is 0 Å².